The van der Waals surface area contributed by atoms with Gasteiger partial charge >= 0.3 is 0 Å². The van der Waals surface area contributed by atoms with E-state index in [4.69, 9.17) is 11.6 Å². The number of carbonyl (C=O) groups is 1. The highest BCUT2D eigenvalue weighted by molar-refractivity contribution is 6.30. The van der Waals surface area contributed by atoms with Crippen molar-refractivity contribution in [2.75, 3.05) is 44.2 Å². The van der Waals surface area contributed by atoms with E-state index in [1.54, 1.807) is 0 Å². The minimum absolute atomic E-state index is 0.271. The Morgan fingerprint density at radius 2 is 2.03 bits per heavy atom. The van der Waals surface area contributed by atoms with Crippen molar-refractivity contribution in [1.29, 1.82) is 0 Å². The third-order valence-corrected chi connectivity index (χ3v) is 6.67. The molecule has 2 saturated heterocycles. The summed E-state index contributed by atoms with van der Waals surface area (Å²) < 4.78 is 2.11. The number of hydrogen-bond donors (Lipinski definition) is 0. The van der Waals surface area contributed by atoms with Gasteiger partial charge in [-0.3, -0.25) is 9.69 Å². The third-order valence-electron chi connectivity index (χ3n) is 6.44. The molecule has 2 aromatic rings. The van der Waals surface area contributed by atoms with E-state index in [-0.39, 0.29) is 5.91 Å². The summed E-state index contributed by atoms with van der Waals surface area (Å²) in [4.78, 5) is 24.3. The molecule has 0 bridgehead atoms. The van der Waals surface area contributed by atoms with Gasteiger partial charge in [-0.1, -0.05) is 24.6 Å². The summed E-state index contributed by atoms with van der Waals surface area (Å²) in [6.45, 7) is 8.66. The van der Waals surface area contributed by atoms with Crippen molar-refractivity contribution in [1.82, 2.24) is 19.4 Å². The quantitative estimate of drug-likeness (QED) is 0.706. The first-order valence-electron chi connectivity index (χ1n) is 11.2. The van der Waals surface area contributed by atoms with Crippen molar-refractivity contribution in [2.45, 2.75) is 45.2 Å². The average molecular weight is 430 g/mol. The van der Waals surface area contributed by atoms with Gasteiger partial charge in [0.05, 0.1) is 0 Å². The number of imidazole rings is 1. The monoisotopic (exact) mass is 429 g/mol. The van der Waals surface area contributed by atoms with Gasteiger partial charge in [-0.25, -0.2) is 4.98 Å². The number of anilines is 1. The summed E-state index contributed by atoms with van der Waals surface area (Å²) in [5.74, 6) is 1.32. The molecule has 0 saturated carbocycles. The molecule has 4 rings (SSSR count). The summed E-state index contributed by atoms with van der Waals surface area (Å²) in [7, 11) is 0. The minimum Gasteiger partial charge on any atom is -0.369 e. The van der Waals surface area contributed by atoms with Gasteiger partial charge in [0.15, 0.2) is 0 Å². The van der Waals surface area contributed by atoms with E-state index in [1.807, 2.05) is 30.6 Å². The van der Waals surface area contributed by atoms with Crippen molar-refractivity contribution in [3.8, 4) is 0 Å². The normalized spacial score (nSPS) is 20.5. The van der Waals surface area contributed by atoms with Crippen LogP contribution in [0.15, 0.2) is 36.7 Å². The lowest BCUT2D eigenvalue weighted by atomic mass is 10.0. The van der Waals surface area contributed by atoms with Gasteiger partial charge in [-0.05, 0) is 31.0 Å². The van der Waals surface area contributed by atoms with E-state index in [0.717, 1.165) is 69.5 Å². The van der Waals surface area contributed by atoms with Crippen molar-refractivity contribution in [3.63, 3.8) is 0 Å². The second-order valence-corrected chi connectivity index (χ2v) is 8.72. The zero-order valence-corrected chi connectivity index (χ0v) is 18.6. The Kier molecular flexibility index (Phi) is 6.95. The fourth-order valence-corrected chi connectivity index (χ4v) is 4.91. The van der Waals surface area contributed by atoms with Crippen molar-refractivity contribution >= 4 is 23.2 Å². The van der Waals surface area contributed by atoms with E-state index >= 15 is 0 Å². The first-order valence-corrected chi connectivity index (χ1v) is 11.5. The van der Waals surface area contributed by atoms with Crippen LogP contribution in [0.25, 0.3) is 0 Å². The number of benzene rings is 1. The molecule has 0 unspecified atom stereocenters. The number of hydrogen-bond acceptors (Lipinski definition) is 4. The van der Waals surface area contributed by atoms with Crippen molar-refractivity contribution < 1.29 is 4.79 Å². The molecule has 3 heterocycles. The molecule has 2 aliphatic heterocycles. The van der Waals surface area contributed by atoms with Crippen LogP contribution in [-0.2, 0) is 17.8 Å². The average Bonchev–Trinajstić information content (AvgIpc) is 3.25. The number of carbonyl (C=O) groups excluding carboxylic acids is 1. The largest absolute Gasteiger partial charge is 0.369 e. The molecular weight excluding hydrogens is 398 g/mol. The molecule has 0 spiro atoms. The number of piperidine rings is 1. The molecule has 7 heteroatoms. The van der Waals surface area contributed by atoms with E-state index in [9.17, 15) is 4.79 Å². The zero-order chi connectivity index (χ0) is 20.9. The maximum absolute atomic E-state index is 12.8. The number of rotatable bonds is 6. The Labute approximate surface area is 184 Å². The summed E-state index contributed by atoms with van der Waals surface area (Å²) in [5, 5.41) is 0.790. The molecule has 1 aromatic carbocycles. The van der Waals surface area contributed by atoms with Crippen LogP contribution in [0.3, 0.4) is 0 Å². The second-order valence-electron chi connectivity index (χ2n) is 8.28. The fourth-order valence-electron chi connectivity index (χ4n) is 4.73. The number of aromatic nitrogens is 2. The van der Waals surface area contributed by atoms with Crippen LogP contribution in [0.4, 0.5) is 5.69 Å². The van der Waals surface area contributed by atoms with Gasteiger partial charge < -0.3 is 14.4 Å². The lowest BCUT2D eigenvalue weighted by molar-refractivity contribution is -0.133. The van der Waals surface area contributed by atoms with Crippen LogP contribution < -0.4 is 4.90 Å². The lowest BCUT2D eigenvalue weighted by Crippen LogP contribution is -2.56. The molecule has 1 aromatic heterocycles. The highest BCUT2D eigenvalue weighted by Gasteiger charge is 2.30. The molecule has 1 atom stereocenters. The maximum atomic E-state index is 12.8. The maximum Gasteiger partial charge on any atom is 0.224 e. The van der Waals surface area contributed by atoms with Crippen molar-refractivity contribution in [2.24, 2.45) is 0 Å². The predicted octanol–water partition coefficient (Wildman–Crippen LogP) is 3.30. The van der Waals surface area contributed by atoms with E-state index in [1.165, 1.54) is 12.1 Å². The standard InChI is InChI=1S/C23H32ClN5O/c1-2-22-25-9-12-28(22)11-8-23(30)29-10-4-7-21(18-29)27-15-13-26(14-16-27)20-6-3-5-19(24)17-20/h3,5-6,9,12,17,21H,2,4,7-8,10-11,13-16,18H2,1H3/t21-/m1/s1. The van der Waals surface area contributed by atoms with E-state index in [2.05, 4.69) is 37.2 Å². The Morgan fingerprint density at radius 3 is 2.80 bits per heavy atom. The molecule has 1 amide bonds. The second kappa shape index (κ2) is 9.84. The van der Waals surface area contributed by atoms with Gasteiger partial charge in [0.2, 0.25) is 5.91 Å². The number of aryl methyl sites for hydroxylation is 2. The SMILES string of the molecule is CCc1nccn1CCC(=O)N1CCC[C@@H](N2CCN(c3cccc(Cl)c3)CC2)C1. The number of amides is 1. The summed E-state index contributed by atoms with van der Waals surface area (Å²) in [5.41, 5.74) is 1.20. The van der Waals surface area contributed by atoms with Gasteiger partial charge in [-0.2, -0.15) is 0 Å². The lowest BCUT2D eigenvalue weighted by Gasteiger charge is -2.44. The fraction of sp³-hybridized carbons (Fsp3) is 0.565. The van der Waals surface area contributed by atoms with Crippen LogP contribution in [0.5, 0.6) is 0 Å². The topological polar surface area (TPSA) is 44.6 Å². The summed E-state index contributed by atoms with van der Waals surface area (Å²) in [6.07, 6.45) is 7.53. The van der Waals surface area contributed by atoms with Gasteiger partial charge in [0.1, 0.15) is 5.82 Å². The smallest absolute Gasteiger partial charge is 0.224 e. The Balaban J connectivity index is 1.27. The minimum atomic E-state index is 0.271. The third kappa shape index (κ3) is 4.98. The first kappa shape index (κ1) is 21.2. The molecule has 6 nitrogen and oxygen atoms in total. The Morgan fingerprint density at radius 1 is 1.20 bits per heavy atom. The molecule has 2 fully saturated rings. The van der Waals surface area contributed by atoms with E-state index in [0.29, 0.717) is 12.5 Å². The van der Waals surface area contributed by atoms with Crippen LogP contribution in [0.1, 0.15) is 32.0 Å². The molecule has 30 heavy (non-hydrogen) atoms. The van der Waals surface area contributed by atoms with Gasteiger partial charge in [0, 0.05) is 87.8 Å². The highest BCUT2D eigenvalue weighted by Crippen LogP contribution is 2.23. The molecular formula is C23H32ClN5O. The number of nitrogens with zero attached hydrogens (tertiary/aromatic N) is 5. The van der Waals surface area contributed by atoms with E-state index < -0.39 is 0 Å². The summed E-state index contributed by atoms with van der Waals surface area (Å²) >= 11 is 6.16. The Hall–Kier alpha value is -2.05. The van der Waals surface area contributed by atoms with Gasteiger partial charge in [0.25, 0.3) is 0 Å². The molecule has 162 valence electrons. The Bertz CT molecular complexity index is 846. The van der Waals surface area contributed by atoms with Crippen molar-refractivity contribution in [3.05, 3.63) is 47.5 Å². The molecule has 0 aliphatic carbocycles. The van der Waals surface area contributed by atoms with Crippen LogP contribution >= 0.6 is 11.6 Å². The number of piperazine rings is 1. The zero-order valence-electron chi connectivity index (χ0n) is 17.8. The molecule has 0 N–H and O–H groups in total. The number of likely N-dealkylation sites (tertiary alicyclic amines) is 1. The predicted molar refractivity (Wildman–Crippen MR) is 121 cm³/mol. The van der Waals surface area contributed by atoms with Crippen LogP contribution in [0, 0.1) is 0 Å². The first-order chi connectivity index (χ1) is 14.6. The highest BCUT2D eigenvalue weighted by atomic mass is 35.5. The molecule has 0 radical (unpaired) electrons. The van der Waals surface area contributed by atoms with Gasteiger partial charge in [-0.15, -0.1) is 0 Å². The number of halogens is 1. The van der Waals surface area contributed by atoms with Crippen LogP contribution in [-0.4, -0.2) is 70.6 Å². The van der Waals surface area contributed by atoms with Crippen LogP contribution in [0.2, 0.25) is 5.02 Å². The molecule has 2 aliphatic rings. The summed E-state index contributed by atoms with van der Waals surface area (Å²) in [6, 6.07) is 8.59.